The standard InChI is InChI=1S/C8H15N5/c1-13-8(9)11-7(12-13)4-5-10-6-2-3-6/h6,10H,2-5H2,1H3,(H2,9,11,12). The first-order valence-electron chi connectivity index (χ1n) is 4.64. The second-order valence-corrected chi connectivity index (χ2v) is 3.49. The Morgan fingerprint density at radius 2 is 2.38 bits per heavy atom. The first kappa shape index (κ1) is 8.50. The molecule has 0 unspecified atom stereocenters. The lowest BCUT2D eigenvalue weighted by Crippen LogP contribution is -2.19. The zero-order valence-electron chi connectivity index (χ0n) is 7.82. The van der Waals surface area contributed by atoms with Crippen molar-refractivity contribution in [2.75, 3.05) is 12.3 Å². The van der Waals surface area contributed by atoms with Crippen molar-refractivity contribution < 1.29 is 0 Å². The second kappa shape index (κ2) is 3.33. The maximum absolute atomic E-state index is 5.55. The van der Waals surface area contributed by atoms with Crippen molar-refractivity contribution in [3.05, 3.63) is 5.82 Å². The van der Waals surface area contributed by atoms with Crippen LogP contribution in [0, 0.1) is 0 Å². The summed E-state index contributed by atoms with van der Waals surface area (Å²) >= 11 is 0. The average Bonchev–Trinajstić information content (AvgIpc) is 2.82. The minimum Gasteiger partial charge on any atom is -0.368 e. The van der Waals surface area contributed by atoms with Gasteiger partial charge in [0.2, 0.25) is 5.95 Å². The number of hydrogen-bond acceptors (Lipinski definition) is 4. The molecule has 0 amide bonds. The molecule has 0 saturated heterocycles. The van der Waals surface area contributed by atoms with Crippen LogP contribution in [0.2, 0.25) is 0 Å². The number of aryl methyl sites for hydroxylation is 1. The smallest absolute Gasteiger partial charge is 0.218 e. The molecule has 72 valence electrons. The minimum atomic E-state index is 0.487. The SMILES string of the molecule is Cn1nc(CCNC2CC2)nc1N. The number of aromatic nitrogens is 3. The highest BCUT2D eigenvalue weighted by molar-refractivity contribution is 5.15. The minimum absolute atomic E-state index is 0.487. The predicted octanol–water partition coefficient (Wildman–Crippen LogP) is -0.308. The molecule has 13 heavy (non-hydrogen) atoms. The fourth-order valence-electron chi connectivity index (χ4n) is 1.23. The molecule has 3 N–H and O–H groups in total. The van der Waals surface area contributed by atoms with Crippen LogP contribution in [0.5, 0.6) is 0 Å². The Balaban J connectivity index is 1.79. The summed E-state index contributed by atoms with van der Waals surface area (Å²) in [7, 11) is 1.81. The monoisotopic (exact) mass is 181 g/mol. The maximum Gasteiger partial charge on any atom is 0.218 e. The van der Waals surface area contributed by atoms with E-state index in [0.717, 1.165) is 24.8 Å². The number of nitrogen functional groups attached to an aromatic ring is 1. The summed E-state index contributed by atoms with van der Waals surface area (Å²) in [4.78, 5) is 4.12. The normalized spacial score (nSPS) is 16.4. The van der Waals surface area contributed by atoms with Gasteiger partial charge in [-0.05, 0) is 12.8 Å². The maximum atomic E-state index is 5.55. The fraction of sp³-hybridized carbons (Fsp3) is 0.750. The van der Waals surface area contributed by atoms with Gasteiger partial charge in [-0.2, -0.15) is 10.1 Å². The Kier molecular flexibility index (Phi) is 2.18. The zero-order chi connectivity index (χ0) is 9.26. The average molecular weight is 181 g/mol. The van der Waals surface area contributed by atoms with Crippen molar-refractivity contribution in [2.45, 2.75) is 25.3 Å². The molecule has 0 radical (unpaired) electrons. The molecule has 0 aromatic carbocycles. The van der Waals surface area contributed by atoms with Crippen LogP contribution in [0.3, 0.4) is 0 Å². The van der Waals surface area contributed by atoms with Gasteiger partial charge in [-0.1, -0.05) is 0 Å². The van der Waals surface area contributed by atoms with E-state index in [1.165, 1.54) is 12.8 Å². The van der Waals surface area contributed by atoms with Gasteiger partial charge in [0.15, 0.2) is 5.82 Å². The lowest BCUT2D eigenvalue weighted by Gasteiger charge is -1.97. The molecule has 1 aromatic rings. The topological polar surface area (TPSA) is 68.8 Å². The summed E-state index contributed by atoms with van der Waals surface area (Å²) < 4.78 is 1.60. The van der Waals surface area contributed by atoms with Gasteiger partial charge in [-0.25, -0.2) is 4.68 Å². The highest BCUT2D eigenvalue weighted by Crippen LogP contribution is 2.18. The summed E-state index contributed by atoms with van der Waals surface area (Å²) in [6, 6.07) is 0.751. The summed E-state index contributed by atoms with van der Waals surface area (Å²) in [5.74, 6) is 1.31. The van der Waals surface area contributed by atoms with E-state index >= 15 is 0 Å². The predicted molar refractivity (Wildman–Crippen MR) is 50.1 cm³/mol. The van der Waals surface area contributed by atoms with Crippen molar-refractivity contribution in [2.24, 2.45) is 7.05 Å². The molecule has 1 aromatic heterocycles. The Labute approximate surface area is 77.3 Å². The van der Waals surface area contributed by atoms with Gasteiger partial charge in [0.25, 0.3) is 0 Å². The number of nitrogens with two attached hydrogens (primary N) is 1. The quantitative estimate of drug-likeness (QED) is 0.668. The van der Waals surface area contributed by atoms with E-state index in [-0.39, 0.29) is 0 Å². The third-order valence-corrected chi connectivity index (χ3v) is 2.20. The summed E-state index contributed by atoms with van der Waals surface area (Å²) in [5, 5.41) is 7.57. The fourth-order valence-corrected chi connectivity index (χ4v) is 1.23. The van der Waals surface area contributed by atoms with Crippen LogP contribution in [0.25, 0.3) is 0 Å². The van der Waals surface area contributed by atoms with Crippen molar-refractivity contribution >= 4 is 5.95 Å². The van der Waals surface area contributed by atoms with Crippen molar-refractivity contribution in [3.8, 4) is 0 Å². The molecule has 0 bridgehead atoms. The molecule has 1 aliphatic carbocycles. The largest absolute Gasteiger partial charge is 0.368 e. The molecule has 5 nitrogen and oxygen atoms in total. The van der Waals surface area contributed by atoms with E-state index in [2.05, 4.69) is 15.4 Å². The number of hydrogen-bond donors (Lipinski definition) is 2. The Morgan fingerprint density at radius 3 is 2.92 bits per heavy atom. The molecule has 0 aliphatic heterocycles. The number of nitrogens with one attached hydrogen (secondary N) is 1. The van der Waals surface area contributed by atoms with Gasteiger partial charge >= 0.3 is 0 Å². The van der Waals surface area contributed by atoms with Gasteiger partial charge in [0.05, 0.1) is 0 Å². The van der Waals surface area contributed by atoms with Crippen LogP contribution >= 0.6 is 0 Å². The first-order chi connectivity index (χ1) is 6.25. The number of nitrogens with zero attached hydrogens (tertiary/aromatic N) is 3. The second-order valence-electron chi connectivity index (χ2n) is 3.49. The lowest BCUT2D eigenvalue weighted by atomic mass is 10.4. The molecule has 2 rings (SSSR count). The van der Waals surface area contributed by atoms with Crippen molar-refractivity contribution in [1.29, 1.82) is 0 Å². The molecule has 0 atom stereocenters. The van der Waals surface area contributed by atoms with Crippen LogP contribution < -0.4 is 11.1 Å². The Bertz CT molecular complexity index is 269. The number of rotatable bonds is 4. The van der Waals surface area contributed by atoms with E-state index in [9.17, 15) is 0 Å². The third-order valence-electron chi connectivity index (χ3n) is 2.20. The summed E-state index contributed by atoms with van der Waals surface area (Å²) in [5.41, 5.74) is 5.55. The van der Waals surface area contributed by atoms with Crippen molar-refractivity contribution in [1.82, 2.24) is 20.1 Å². The van der Waals surface area contributed by atoms with Crippen LogP contribution in [-0.2, 0) is 13.5 Å². The van der Waals surface area contributed by atoms with Crippen LogP contribution in [0.1, 0.15) is 18.7 Å². The highest BCUT2D eigenvalue weighted by Gasteiger charge is 2.19. The molecule has 5 heteroatoms. The van der Waals surface area contributed by atoms with E-state index in [1.807, 2.05) is 0 Å². The summed E-state index contributed by atoms with van der Waals surface area (Å²) in [6.45, 7) is 0.952. The molecule has 1 aliphatic rings. The molecule has 1 heterocycles. The van der Waals surface area contributed by atoms with Gasteiger partial charge in [0.1, 0.15) is 0 Å². The Hall–Kier alpha value is -1.10. The number of anilines is 1. The molecule has 1 fully saturated rings. The van der Waals surface area contributed by atoms with Crippen LogP contribution in [-0.4, -0.2) is 27.4 Å². The first-order valence-corrected chi connectivity index (χ1v) is 4.64. The molecule has 1 saturated carbocycles. The van der Waals surface area contributed by atoms with Crippen LogP contribution in [0.15, 0.2) is 0 Å². The van der Waals surface area contributed by atoms with Gasteiger partial charge in [-0.15, -0.1) is 0 Å². The van der Waals surface area contributed by atoms with Crippen LogP contribution in [0.4, 0.5) is 5.95 Å². The van der Waals surface area contributed by atoms with Gasteiger partial charge in [0, 0.05) is 26.1 Å². The molecule has 0 spiro atoms. The zero-order valence-corrected chi connectivity index (χ0v) is 7.82. The third kappa shape index (κ3) is 2.18. The van der Waals surface area contributed by atoms with Gasteiger partial charge in [-0.3, -0.25) is 0 Å². The van der Waals surface area contributed by atoms with E-state index in [0.29, 0.717) is 5.95 Å². The molecular weight excluding hydrogens is 166 g/mol. The van der Waals surface area contributed by atoms with E-state index < -0.39 is 0 Å². The van der Waals surface area contributed by atoms with E-state index in [1.54, 1.807) is 11.7 Å². The van der Waals surface area contributed by atoms with Gasteiger partial charge < -0.3 is 11.1 Å². The lowest BCUT2D eigenvalue weighted by molar-refractivity contribution is 0.658. The van der Waals surface area contributed by atoms with E-state index in [4.69, 9.17) is 5.73 Å². The molecular formula is C8H15N5. The Morgan fingerprint density at radius 1 is 1.62 bits per heavy atom. The van der Waals surface area contributed by atoms with Crippen molar-refractivity contribution in [3.63, 3.8) is 0 Å². The summed E-state index contributed by atoms with van der Waals surface area (Å²) in [6.07, 6.45) is 3.50. The highest BCUT2D eigenvalue weighted by atomic mass is 15.4.